The summed E-state index contributed by atoms with van der Waals surface area (Å²) in [5.74, 6) is 0. The molecule has 0 bridgehead atoms. The summed E-state index contributed by atoms with van der Waals surface area (Å²) >= 11 is 0. The van der Waals surface area contributed by atoms with Crippen LogP contribution in [0.4, 0.5) is 0 Å². The number of hydrogen-bond donors (Lipinski definition) is 2. The molecule has 0 unspecified atom stereocenters. The SMILES string of the molecule is C=CNC1CC1.C=CNC1CCC1.CC.CC. The van der Waals surface area contributed by atoms with Crippen molar-refractivity contribution in [2.45, 2.75) is 71.9 Å². The van der Waals surface area contributed by atoms with Crippen molar-refractivity contribution in [2.75, 3.05) is 0 Å². The van der Waals surface area contributed by atoms with Gasteiger partial charge in [-0.25, -0.2) is 0 Å². The van der Waals surface area contributed by atoms with E-state index in [4.69, 9.17) is 0 Å². The quantitative estimate of drug-likeness (QED) is 0.769. The largest absolute Gasteiger partial charge is 0.389 e. The van der Waals surface area contributed by atoms with Crippen LogP contribution >= 0.6 is 0 Å². The molecule has 2 N–H and O–H groups in total. The summed E-state index contributed by atoms with van der Waals surface area (Å²) in [7, 11) is 0. The van der Waals surface area contributed by atoms with Gasteiger partial charge in [-0.05, 0) is 44.5 Å². The number of nitrogens with one attached hydrogen (secondary N) is 2. The lowest BCUT2D eigenvalue weighted by Gasteiger charge is -2.24. The van der Waals surface area contributed by atoms with Gasteiger partial charge in [0.15, 0.2) is 0 Å². The van der Waals surface area contributed by atoms with Crippen LogP contribution in [0.5, 0.6) is 0 Å². The van der Waals surface area contributed by atoms with Crippen molar-refractivity contribution >= 4 is 0 Å². The first-order valence-electron chi connectivity index (χ1n) is 7.10. The summed E-state index contributed by atoms with van der Waals surface area (Å²) in [6.07, 6.45) is 10.3. The Kier molecular flexibility index (Phi) is 16.4. The van der Waals surface area contributed by atoms with Crippen LogP contribution in [0.2, 0.25) is 0 Å². The van der Waals surface area contributed by atoms with Crippen LogP contribution < -0.4 is 10.6 Å². The normalized spacial score (nSPS) is 16.2. The van der Waals surface area contributed by atoms with E-state index in [9.17, 15) is 0 Å². The average molecular weight is 240 g/mol. The van der Waals surface area contributed by atoms with E-state index < -0.39 is 0 Å². The third-order valence-electron chi connectivity index (χ3n) is 2.39. The topological polar surface area (TPSA) is 24.1 Å². The predicted molar refractivity (Wildman–Crippen MR) is 80.0 cm³/mol. The van der Waals surface area contributed by atoms with Crippen molar-refractivity contribution in [3.05, 3.63) is 25.6 Å². The van der Waals surface area contributed by atoms with Crippen molar-refractivity contribution in [2.24, 2.45) is 0 Å². The van der Waals surface area contributed by atoms with Gasteiger partial charge >= 0.3 is 0 Å². The van der Waals surface area contributed by atoms with Crippen LogP contribution in [0.3, 0.4) is 0 Å². The van der Waals surface area contributed by atoms with Gasteiger partial charge in [-0.1, -0.05) is 40.9 Å². The molecule has 0 heterocycles. The minimum Gasteiger partial charge on any atom is -0.389 e. The van der Waals surface area contributed by atoms with E-state index in [2.05, 4.69) is 23.8 Å². The Labute approximate surface area is 109 Å². The lowest BCUT2D eigenvalue weighted by molar-refractivity contribution is 0.373. The summed E-state index contributed by atoms with van der Waals surface area (Å²) in [5.41, 5.74) is 0. The standard InChI is InChI=1S/C6H11N.C5H9N.2C2H6/c1-2-7-6-4-3-5-6;1-2-6-5-3-4-5;2*1-2/h2,6-7H,1,3-5H2;2,5-6H,1,3-4H2;2*1-2H3. The second kappa shape index (κ2) is 15.1. The molecule has 102 valence electrons. The van der Waals surface area contributed by atoms with Gasteiger partial charge in [0.05, 0.1) is 0 Å². The fraction of sp³-hybridized carbons (Fsp3) is 0.733. The highest BCUT2D eigenvalue weighted by Crippen LogP contribution is 2.18. The minimum absolute atomic E-state index is 0.762. The highest BCUT2D eigenvalue weighted by atomic mass is 14.9. The maximum absolute atomic E-state index is 3.57. The van der Waals surface area contributed by atoms with Gasteiger partial charge < -0.3 is 10.6 Å². The molecule has 0 radical (unpaired) electrons. The minimum atomic E-state index is 0.762. The van der Waals surface area contributed by atoms with Crippen LogP contribution in [0.15, 0.2) is 25.6 Å². The highest BCUT2D eigenvalue weighted by Gasteiger charge is 2.18. The van der Waals surface area contributed by atoms with E-state index in [1.807, 2.05) is 27.7 Å². The Morgan fingerprint density at radius 1 is 0.765 bits per heavy atom. The second-order valence-corrected chi connectivity index (χ2v) is 3.64. The van der Waals surface area contributed by atoms with E-state index in [0.29, 0.717) is 0 Å². The van der Waals surface area contributed by atoms with E-state index >= 15 is 0 Å². The maximum atomic E-state index is 3.57. The van der Waals surface area contributed by atoms with Gasteiger partial charge in [0.2, 0.25) is 0 Å². The smallest absolute Gasteiger partial charge is 0.0257 e. The summed E-state index contributed by atoms with van der Waals surface area (Å²) in [6.45, 7) is 15.1. The van der Waals surface area contributed by atoms with Gasteiger partial charge in [-0.2, -0.15) is 0 Å². The molecule has 2 rings (SSSR count). The third kappa shape index (κ3) is 13.0. The van der Waals surface area contributed by atoms with E-state index in [-0.39, 0.29) is 0 Å². The van der Waals surface area contributed by atoms with Crippen LogP contribution in [0, 0.1) is 0 Å². The predicted octanol–water partition coefficient (Wildman–Crippen LogP) is 4.21. The summed E-state index contributed by atoms with van der Waals surface area (Å²) in [6, 6.07) is 1.54. The molecule has 2 nitrogen and oxygen atoms in total. The van der Waals surface area contributed by atoms with Crippen molar-refractivity contribution in [1.82, 2.24) is 10.6 Å². The zero-order chi connectivity index (χ0) is 13.5. The molecule has 0 aromatic carbocycles. The van der Waals surface area contributed by atoms with Crippen molar-refractivity contribution in [1.29, 1.82) is 0 Å². The van der Waals surface area contributed by atoms with Crippen LogP contribution in [-0.2, 0) is 0 Å². The monoisotopic (exact) mass is 240 g/mol. The van der Waals surface area contributed by atoms with Crippen LogP contribution in [0.25, 0.3) is 0 Å². The lowest BCUT2D eigenvalue weighted by Crippen LogP contribution is -2.30. The molecule has 0 atom stereocenters. The fourth-order valence-corrected chi connectivity index (χ4v) is 1.16. The molecule has 0 amide bonds. The number of rotatable bonds is 4. The molecule has 2 saturated carbocycles. The Hall–Kier alpha value is -0.920. The third-order valence-corrected chi connectivity index (χ3v) is 2.39. The highest BCUT2D eigenvalue weighted by molar-refractivity contribution is 4.85. The molecule has 2 heteroatoms. The zero-order valence-electron chi connectivity index (χ0n) is 12.3. The molecule has 0 saturated heterocycles. The van der Waals surface area contributed by atoms with Gasteiger partial charge in [0.25, 0.3) is 0 Å². The first kappa shape index (κ1) is 18.4. The molecular formula is C15H32N2. The zero-order valence-corrected chi connectivity index (χ0v) is 12.3. The molecule has 2 aliphatic carbocycles. The van der Waals surface area contributed by atoms with Gasteiger partial charge in [0.1, 0.15) is 0 Å². The number of hydrogen-bond acceptors (Lipinski definition) is 2. The van der Waals surface area contributed by atoms with Crippen LogP contribution in [0.1, 0.15) is 59.8 Å². The lowest BCUT2D eigenvalue weighted by atomic mass is 9.93. The molecular weight excluding hydrogens is 208 g/mol. The van der Waals surface area contributed by atoms with E-state index in [1.165, 1.54) is 32.1 Å². The Bertz CT molecular complexity index is 158. The van der Waals surface area contributed by atoms with E-state index in [0.717, 1.165) is 12.1 Å². The Morgan fingerprint density at radius 3 is 1.24 bits per heavy atom. The fourth-order valence-electron chi connectivity index (χ4n) is 1.16. The molecule has 17 heavy (non-hydrogen) atoms. The molecule has 0 spiro atoms. The second-order valence-electron chi connectivity index (χ2n) is 3.64. The molecule has 0 aliphatic heterocycles. The van der Waals surface area contributed by atoms with Crippen molar-refractivity contribution in [3.63, 3.8) is 0 Å². The van der Waals surface area contributed by atoms with Crippen LogP contribution in [-0.4, -0.2) is 12.1 Å². The van der Waals surface area contributed by atoms with E-state index in [1.54, 1.807) is 12.4 Å². The maximum Gasteiger partial charge on any atom is 0.0257 e. The van der Waals surface area contributed by atoms with Gasteiger partial charge in [-0.15, -0.1) is 0 Å². The summed E-state index contributed by atoms with van der Waals surface area (Å²) in [4.78, 5) is 0. The average Bonchev–Trinajstić information content (AvgIpc) is 3.14. The van der Waals surface area contributed by atoms with Gasteiger partial charge in [-0.3, -0.25) is 0 Å². The molecule has 2 fully saturated rings. The van der Waals surface area contributed by atoms with Crippen molar-refractivity contribution < 1.29 is 0 Å². The summed E-state index contributed by atoms with van der Waals surface area (Å²) in [5, 5.41) is 6.23. The first-order valence-corrected chi connectivity index (χ1v) is 7.10. The Balaban J connectivity index is 0. The van der Waals surface area contributed by atoms with Crippen molar-refractivity contribution in [3.8, 4) is 0 Å². The molecule has 0 aromatic heterocycles. The summed E-state index contributed by atoms with van der Waals surface area (Å²) < 4.78 is 0. The first-order chi connectivity index (χ1) is 8.36. The Morgan fingerprint density at radius 2 is 1.12 bits per heavy atom. The molecule has 0 aromatic rings. The molecule has 2 aliphatic rings. The van der Waals surface area contributed by atoms with Gasteiger partial charge in [0, 0.05) is 12.1 Å².